The van der Waals surface area contributed by atoms with E-state index in [4.69, 9.17) is 38.3 Å². The summed E-state index contributed by atoms with van der Waals surface area (Å²) in [4.78, 5) is 152. The van der Waals surface area contributed by atoms with Crippen molar-refractivity contribution in [3.8, 4) is 11.5 Å². The number of carbonyl (C=O) groups excluding carboxylic acids is 7. The van der Waals surface area contributed by atoms with Crippen LogP contribution < -0.4 is 48.5 Å². The van der Waals surface area contributed by atoms with Crippen LogP contribution in [0.2, 0.25) is 0 Å². The van der Waals surface area contributed by atoms with E-state index in [9.17, 15) is 88.4 Å². The third kappa shape index (κ3) is 25.8. The quantitative estimate of drug-likeness (QED) is 0.0247. The van der Waals surface area contributed by atoms with Crippen molar-refractivity contribution in [2.24, 2.45) is 5.73 Å². The van der Waals surface area contributed by atoms with Crippen molar-refractivity contribution in [3.05, 3.63) is 200 Å². The largest absolute Gasteiger partial charge is 0.508 e. The number of aromatic nitrogens is 2. The molecule has 3 fully saturated rings. The molecule has 3 aliphatic heterocycles. The molecule has 9 rings (SSSR count). The zero-order chi connectivity index (χ0) is 76.6. The standard InChI is InChI=1S/C13H14N4O5.C13H14N4O3.C8H7NO4.C7H5NO5.C7H7NO3.C5H9N3O2.C3H4.CH4.B3.F2.FH.2H2/c1-7-3-4-9(17(21)22)8(5-7)10(18)14-6-13(2)11(19)15-12(20)16-13;1-7-3-4-9-8(5-7)10(18)17(16-9)6-13(2)11(19)14-12(20)15-13;1-5-2-3-7(9(12)13)6(4-5)8(10)11;9-4-1-2-6(8(12)13)5(3-4)7(10)11;1-5-4-6(9)2-3-7(5)8(10)11;1-5(2-6)3(9)7-4(10)8-5;1-3-2;;1-3-2;1-2;;;/h3-5H,6H2,1-2H3,(H,14,18)(H2,15,16,19,20);3-5,16H,6H2,1-2H3,(H2,14,15,19,20);2-4H,1H3,(H,10,11);1-3,9H,(H,10,11);2-4,9H,1H3;2,6H2,1H3,(H2,7,8,9,10);1-2H2;1H4;;;3*1H/i;;;;;;;;;;;1+1D;1+1. The predicted molar refractivity (Wildman–Crippen MR) is 355 cm³/mol. The van der Waals surface area contributed by atoms with E-state index in [-0.39, 0.29) is 84.3 Å². The highest BCUT2D eigenvalue weighted by Crippen LogP contribution is 2.25. The van der Waals surface area contributed by atoms with Crippen LogP contribution in [0, 0.1) is 68.2 Å². The van der Waals surface area contributed by atoms with Gasteiger partial charge in [-0.25, -0.2) is 28.7 Å². The van der Waals surface area contributed by atoms with Crippen LogP contribution in [0.15, 0.2) is 115 Å². The third-order valence-electron chi connectivity index (χ3n) is 12.7. The zero-order valence-corrected chi connectivity index (χ0v) is 52.5. The number of nitrogens with two attached hydrogens (primary N) is 1. The monoisotopic (exact) mass is 1390 g/mol. The molecule has 529 valence electrons. The Labute approximate surface area is 565 Å². The summed E-state index contributed by atoms with van der Waals surface area (Å²) < 4.78 is 27.3. The molecule has 3 aliphatic rings. The van der Waals surface area contributed by atoms with E-state index < -0.39 is 95.3 Å². The lowest BCUT2D eigenvalue weighted by Gasteiger charge is -2.20. The lowest BCUT2D eigenvalue weighted by atomic mass is 9.40. The summed E-state index contributed by atoms with van der Waals surface area (Å²) in [7, 11) is 10.0. The van der Waals surface area contributed by atoms with Crippen molar-refractivity contribution in [1.29, 1.82) is 0 Å². The lowest BCUT2D eigenvalue weighted by Crippen LogP contribution is -2.52. The van der Waals surface area contributed by atoms with Crippen LogP contribution in [0.1, 0.15) is 85.9 Å². The normalized spacial score (nSPS) is 16.1. The number of aryl methyl sites for hydroxylation is 4. The van der Waals surface area contributed by atoms with Crippen LogP contribution >= 0.6 is 0 Å². The first-order valence-corrected chi connectivity index (χ1v) is 26.8. The van der Waals surface area contributed by atoms with Crippen molar-refractivity contribution in [3.63, 3.8) is 0 Å². The van der Waals surface area contributed by atoms with Gasteiger partial charge < -0.3 is 47.4 Å². The van der Waals surface area contributed by atoms with Crippen molar-refractivity contribution in [2.75, 3.05) is 13.1 Å². The number of carboxylic acids is 2. The van der Waals surface area contributed by atoms with Crippen LogP contribution in [0.5, 0.6) is 11.5 Å². The Bertz CT molecular complexity index is 4070. The van der Waals surface area contributed by atoms with Gasteiger partial charge in [-0.15, -0.1) is 5.73 Å². The number of hydrogen-bond acceptors (Lipinski definition) is 21. The number of urea groups is 3. The molecule has 10 amide bonds. The molecule has 3 atom stereocenters. The summed E-state index contributed by atoms with van der Waals surface area (Å²) in [5.41, 5.74) is 5.39. The van der Waals surface area contributed by atoms with E-state index in [1.165, 1.54) is 66.2 Å². The summed E-state index contributed by atoms with van der Waals surface area (Å²) >= 11 is 0. The number of H-pyrrole nitrogens is 1. The maximum atomic E-state index is 12.3. The highest BCUT2D eigenvalue weighted by atomic mass is 20.0. The number of imide groups is 3. The number of benzene rings is 5. The zero-order valence-electron chi connectivity index (χ0n) is 54.5. The topological polar surface area (TPSA) is 555 Å². The fraction of sp³-hybridized carbons (Fsp3) is 0.246. The Hall–Kier alpha value is -12.7. The average Bonchev–Trinajstić information content (AvgIpc) is 1.62. The van der Waals surface area contributed by atoms with E-state index in [0.717, 1.165) is 30.8 Å². The summed E-state index contributed by atoms with van der Waals surface area (Å²) in [5.74, 6) is -5.06. The number of aromatic hydroxyl groups is 2. The summed E-state index contributed by atoms with van der Waals surface area (Å²) in [6.45, 7) is 17.7. The number of hydrogen-bond donors (Lipinski definition) is 13. The third-order valence-corrected chi connectivity index (χ3v) is 12.7. The Morgan fingerprint density at radius 1 is 0.616 bits per heavy atom. The van der Waals surface area contributed by atoms with Crippen molar-refractivity contribution in [1.82, 2.24) is 47.0 Å². The second kappa shape index (κ2) is 39.8. The fourth-order valence-corrected chi connectivity index (χ4v) is 7.84. The molecule has 3 unspecified atom stereocenters. The Morgan fingerprint density at radius 3 is 1.33 bits per heavy atom. The number of amides is 10. The van der Waals surface area contributed by atoms with E-state index in [2.05, 4.69) is 76.7 Å². The number of phenols is 2. The smallest absolute Gasteiger partial charge is 0.342 e. The molecule has 1 aromatic heterocycles. The molecule has 42 heteroatoms. The van der Waals surface area contributed by atoms with E-state index in [1.54, 1.807) is 40.7 Å². The summed E-state index contributed by atoms with van der Waals surface area (Å²) in [6.07, 6.45) is 0. The molecule has 14 N–H and O–H groups in total. The number of halogens is 3. The molecule has 0 spiro atoms. The average molecular weight is 1390 g/mol. The fourth-order valence-electron chi connectivity index (χ4n) is 7.84. The van der Waals surface area contributed by atoms with E-state index >= 15 is 0 Å². The summed E-state index contributed by atoms with van der Waals surface area (Å²) in [5, 5.41) is 96.4. The molecule has 5 aromatic carbocycles. The Kier molecular flexibility index (Phi) is 34.7. The number of nitrogens with one attached hydrogen (secondary N) is 8. The minimum Gasteiger partial charge on any atom is -0.508 e. The first-order valence-electron chi connectivity index (χ1n) is 27.8. The second-order valence-electron chi connectivity index (χ2n) is 20.5. The molecule has 0 aliphatic carbocycles. The molecule has 99 heavy (non-hydrogen) atoms. The number of nitro groups is 4. The van der Waals surface area contributed by atoms with Gasteiger partial charge in [0.2, 0.25) is 0 Å². The van der Waals surface area contributed by atoms with Crippen molar-refractivity contribution in [2.45, 2.75) is 79.1 Å². The Balaban J connectivity index is -0.000000558. The molecule has 4 heterocycles. The minimum absolute atomic E-state index is 0. The molecular weight excluding hydrogens is 1320 g/mol. The number of rotatable bonds is 12. The summed E-state index contributed by atoms with van der Waals surface area (Å²) in [6, 6.07) is 18.8. The first-order chi connectivity index (χ1) is 46.2. The minimum atomic E-state index is -1.44. The molecule has 6 aromatic rings. The number of carboxylic acid groups (broad SMARTS) is 2. The van der Waals surface area contributed by atoms with Gasteiger partial charge in [0.05, 0.1) is 37.1 Å². The molecule has 0 saturated carbocycles. The van der Waals surface area contributed by atoms with Gasteiger partial charge in [0.15, 0.2) is 0 Å². The molecule has 0 bridgehead atoms. The van der Waals surface area contributed by atoms with Gasteiger partial charge in [-0.3, -0.25) is 90.2 Å². The van der Waals surface area contributed by atoms with Crippen LogP contribution in [-0.2, 0) is 20.9 Å². The van der Waals surface area contributed by atoms with Crippen LogP contribution in [0.4, 0.5) is 51.0 Å². The van der Waals surface area contributed by atoms with Crippen molar-refractivity contribution >= 4 is 110 Å². The van der Waals surface area contributed by atoms with Crippen LogP contribution in [0.25, 0.3) is 10.9 Å². The SMILES string of the molecule is C.C=C=C.CC1(CN)NC(=O)NC1=O.Cc1cc(O)ccc1[N+](=O)[O-].Cc1ccc([N+](=O)[O-])c(C(=O)NCC2(C)NC(=O)NC2=O)c1.Cc1ccc([N+](=O)[O-])c(C(=O)O)c1.Cc1ccc2[nH]n(CC3(C)NC(=O)NC3=O)c(=O)c2c1.F.FF.O=C(O)c1cc(O)ccc1[N+](=O)[O-].[2HH].[2H][2H].[B][B][B]. The molecule has 5 radical (unpaired) electrons. The maximum absolute atomic E-state index is 12.3. The van der Waals surface area contributed by atoms with Gasteiger partial charge in [-0.05, 0) is 102 Å². The number of nitro benzene ring substituents is 4. The number of aromatic carboxylic acids is 2. The number of phenolic OH excluding ortho intramolecular Hbond substituents is 2. The van der Waals surface area contributed by atoms with Gasteiger partial charge in [0, 0.05) is 85.1 Å². The van der Waals surface area contributed by atoms with E-state index in [0.29, 0.717) is 27.6 Å². The maximum Gasteiger partial charge on any atom is 0.342 e. The van der Waals surface area contributed by atoms with Gasteiger partial charge in [-0.2, -0.15) is 0 Å². The van der Waals surface area contributed by atoms with Crippen LogP contribution in [0.3, 0.4) is 0 Å². The van der Waals surface area contributed by atoms with E-state index in [1.807, 2.05) is 19.1 Å². The van der Waals surface area contributed by atoms with Gasteiger partial charge in [-0.1, -0.05) is 44.3 Å². The molecule has 3 saturated heterocycles. The van der Waals surface area contributed by atoms with Gasteiger partial charge in [0.25, 0.3) is 51.9 Å². The van der Waals surface area contributed by atoms with Crippen molar-refractivity contribution < 1.29 is 102 Å². The number of fused-ring (bicyclic) bond motifs is 1. The Morgan fingerprint density at radius 2 is 0.960 bits per heavy atom. The molecular formula is C57H69B3F3N14O22. The first kappa shape index (κ1) is 86.3. The second-order valence-corrected chi connectivity index (χ2v) is 20.5. The highest BCUT2D eigenvalue weighted by Gasteiger charge is 2.44. The van der Waals surface area contributed by atoms with Gasteiger partial charge in [0.1, 0.15) is 44.8 Å². The lowest BCUT2D eigenvalue weighted by molar-refractivity contribution is -0.385. The number of nitrogens with zero attached hydrogens (tertiary/aromatic N) is 5. The van der Waals surface area contributed by atoms with Gasteiger partial charge >= 0.3 is 30.0 Å². The highest BCUT2D eigenvalue weighted by molar-refractivity contribution is 7.17. The molecule has 36 nitrogen and oxygen atoms in total. The van der Waals surface area contributed by atoms with Crippen LogP contribution in [-0.4, -0.2) is 156 Å². The predicted octanol–water partition coefficient (Wildman–Crippen LogP) is 5.16. The number of carbonyl (C=O) groups is 9. The number of aromatic amines is 1.